The van der Waals surface area contributed by atoms with Crippen LogP contribution in [0.15, 0.2) is 79.3 Å². The zero-order valence-corrected chi connectivity index (χ0v) is 21.2. The Hall–Kier alpha value is -3.85. The molecule has 0 spiro atoms. The van der Waals surface area contributed by atoms with Crippen molar-refractivity contribution in [1.82, 2.24) is 14.5 Å². The van der Waals surface area contributed by atoms with Crippen molar-refractivity contribution in [2.45, 2.75) is 26.4 Å². The van der Waals surface area contributed by atoms with Crippen LogP contribution in [-0.2, 0) is 6.18 Å². The molecule has 4 aromatic rings. The van der Waals surface area contributed by atoms with E-state index >= 15 is 0 Å². The Kier molecular flexibility index (Phi) is 8.68. The molecule has 38 heavy (non-hydrogen) atoms. The lowest BCUT2D eigenvalue weighted by molar-refractivity contribution is -0.140. The highest BCUT2D eigenvalue weighted by Crippen LogP contribution is 2.35. The fourth-order valence-electron chi connectivity index (χ4n) is 3.96. The van der Waals surface area contributed by atoms with Crippen LogP contribution < -0.4 is 9.47 Å². The van der Waals surface area contributed by atoms with Crippen molar-refractivity contribution >= 4 is 0 Å². The van der Waals surface area contributed by atoms with Gasteiger partial charge in [-0.3, -0.25) is 0 Å². The second kappa shape index (κ2) is 12.1. The van der Waals surface area contributed by atoms with Crippen molar-refractivity contribution in [2.75, 3.05) is 26.2 Å². The fraction of sp³-hybridized carbons (Fsp3) is 0.276. The summed E-state index contributed by atoms with van der Waals surface area (Å²) in [6.45, 7) is 8.07. The molecule has 0 aliphatic carbocycles. The van der Waals surface area contributed by atoms with E-state index < -0.39 is 17.6 Å². The van der Waals surface area contributed by atoms with Gasteiger partial charge in [-0.2, -0.15) is 13.2 Å². The largest absolute Gasteiger partial charge is 0.494 e. The normalized spacial score (nSPS) is 11.7. The van der Waals surface area contributed by atoms with Crippen LogP contribution in [0.25, 0.3) is 16.9 Å². The second-order valence-corrected chi connectivity index (χ2v) is 8.65. The first-order chi connectivity index (χ1) is 18.3. The molecule has 0 saturated heterocycles. The number of halogens is 4. The highest BCUT2D eigenvalue weighted by Gasteiger charge is 2.34. The summed E-state index contributed by atoms with van der Waals surface area (Å²) in [6.07, 6.45) is -0.246. The molecule has 200 valence electrons. The third-order valence-electron chi connectivity index (χ3n) is 6.13. The summed E-state index contributed by atoms with van der Waals surface area (Å²) in [5.41, 5.74) is 1.08. The highest BCUT2D eigenvalue weighted by molar-refractivity contribution is 5.60. The maximum absolute atomic E-state index is 13.5. The Morgan fingerprint density at radius 1 is 0.868 bits per heavy atom. The van der Waals surface area contributed by atoms with E-state index in [-0.39, 0.29) is 5.75 Å². The molecular formula is C29H29F4N3O2. The predicted octanol–water partition coefficient (Wildman–Crippen LogP) is 7.60. The molecule has 0 aliphatic rings. The molecule has 3 aromatic carbocycles. The van der Waals surface area contributed by atoms with Crippen molar-refractivity contribution in [3.05, 3.63) is 90.6 Å². The molecule has 1 aromatic heterocycles. The lowest BCUT2D eigenvalue weighted by Gasteiger charge is -2.17. The molecular weight excluding hydrogens is 498 g/mol. The molecule has 0 radical (unpaired) electrons. The SMILES string of the molecule is CCN(CC)CCCOc1ccc(-n2cnc(-c3ccc(Oc4ccc(F)c(C(F)(F)F)c4)cc3)c2)cc1. The van der Waals surface area contributed by atoms with Gasteiger partial charge in [0, 0.05) is 24.0 Å². The van der Waals surface area contributed by atoms with Crippen molar-refractivity contribution in [3.8, 4) is 34.2 Å². The minimum Gasteiger partial charge on any atom is -0.494 e. The van der Waals surface area contributed by atoms with E-state index in [9.17, 15) is 17.6 Å². The van der Waals surface area contributed by atoms with E-state index in [1.165, 1.54) is 0 Å². The summed E-state index contributed by atoms with van der Waals surface area (Å²) in [5, 5.41) is 0. The molecule has 0 N–H and O–H groups in total. The van der Waals surface area contributed by atoms with Crippen LogP contribution in [0.3, 0.4) is 0 Å². The number of nitrogens with zero attached hydrogens (tertiary/aromatic N) is 3. The average Bonchev–Trinajstić information content (AvgIpc) is 3.40. The molecule has 9 heteroatoms. The van der Waals surface area contributed by atoms with Gasteiger partial charge in [-0.05, 0) is 86.2 Å². The number of hydrogen-bond acceptors (Lipinski definition) is 4. The maximum Gasteiger partial charge on any atom is 0.419 e. The number of alkyl halides is 3. The fourth-order valence-corrected chi connectivity index (χ4v) is 3.96. The molecule has 0 unspecified atom stereocenters. The average molecular weight is 528 g/mol. The Morgan fingerprint density at radius 2 is 1.53 bits per heavy atom. The van der Waals surface area contributed by atoms with Gasteiger partial charge in [0.1, 0.15) is 23.1 Å². The zero-order chi connectivity index (χ0) is 27.1. The number of rotatable bonds is 11. The second-order valence-electron chi connectivity index (χ2n) is 8.65. The minimum atomic E-state index is -4.80. The van der Waals surface area contributed by atoms with Gasteiger partial charge in [0.05, 0.1) is 24.2 Å². The van der Waals surface area contributed by atoms with Crippen LogP contribution in [0.1, 0.15) is 25.8 Å². The van der Waals surface area contributed by atoms with E-state index in [0.29, 0.717) is 18.4 Å². The van der Waals surface area contributed by atoms with Gasteiger partial charge < -0.3 is 18.9 Å². The van der Waals surface area contributed by atoms with Crippen LogP contribution in [0, 0.1) is 5.82 Å². The lowest BCUT2D eigenvalue weighted by atomic mass is 10.1. The van der Waals surface area contributed by atoms with Crippen LogP contribution in [0.5, 0.6) is 17.2 Å². The Labute approximate surface area is 219 Å². The first-order valence-electron chi connectivity index (χ1n) is 12.4. The van der Waals surface area contributed by atoms with Crippen LogP contribution in [0.2, 0.25) is 0 Å². The number of aromatic nitrogens is 2. The Balaban J connectivity index is 1.36. The highest BCUT2D eigenvalue weighted by atomic mass is 19.4. The zero-order valence-electron chi connectivity index (χ0n) is 21.2. The number of hydrogen-bond donors (Lipinski definition) is 0. The van der Waals surface area contributed by atoms with E-state index in [1.54, 1.807) is 30.6 Å². The summed E-state index contributed by atoms with van der Waals surface area (Å²) >= 11 is 0. The topological polar surface area (TPSA) is 39.5 Å². The molecule has 1 heterocycles. The number of imidazole rings is 1. The molecule has 0 fully saturated rings. The van der Waals surface area contributed by atoms with Gasteiger partial charge in [0.15, 0.2) is 0 Å². The molecule has 0 aliphatic heterocycles. The molecule has 0 saturated carbocycles. The molecule has 4 rings (SSSR count). The van der Waals surface area contributed by atoms with Crippen LogP contribution >= 0.6 is 0 Å². The minimum absolute atomic E-state index is 0.105. The van der Waals surface area contributed by atoms with Gasteiger partial charge in [-0.15, -0.1) is 0 Å². The first-order valence-corrected chi connectivity index (χ1v) is 12.4. The predicted molar refractivity (Wildman–Crippen MR) is 138 cm³/mol. The van der Waals surface area contributed by atoms with Gasteiger partial charge in [0.2, 0.25) is 0 Å². The summed E-state index contributed by atoms with van der Waals surface area (Å²) < 4.78 is 65.6. The number of ether oxygens (including phenoxy) is 2. The molecule has 0 bridgehead atoms. The lowest BCUT2D eigenvalue weighted by Crippen LogP contribution is -2.25. The van der Waals surface area contributed by atoms with Gasteiger partial charge in [0.25, 0.3) is 0 Å². The smallest absolute Gasteiger partial charge is 0.419 e. The summed E-state index contributed by atoms with van der Waals surface area (Å²) in [5.74, 6) is -0.316. The molecule has 0 amide bonds. The van der Waals surface area contributed by atoms with Crippen molar-refractivity contribution in [3.63, 3.8) is 0 Å². The van der Waals surface area contributed by atoms with Crippen LogP contribution in [0.4, 0.5) is 17.6 Å². The van der Waals surface area contributed by atoms with Gasteiger partial charge in [-0.1, -0.05) is 13.8 Å². The van der Waals surface area contributed by atoms with E-state index in [4.69, 9.17) is 9.47 Å². The molecule has 0 atom stereocenters. The summed E-state index contributed by atoms with van der Waals surface area (Å²) in [7, 11) is 0. The monoisotopic (exact) mass is 527 g/mol. The summed E-state index contributed by atoms with van der Waals surface area (Å²) in [6, 6.07) is 17.1. The van der Waals surface area contributed by atoms with Gasteiger partial charge in [-0.25, -0.2) is 9.37 Å². The van der Waals surface area contributed by atoms with E-state index in [1.807, 2.05) is 35.0 Å². The van der Waals surface area contributed by atoms with E-state index in [0.717, 1.165) is 60.9 Å². The molecule has 5 nitrogen and oxygen atoms in total. The van der Waals surface area contributed by atoms with Crippen molar-refractivity contribution < 1.29 is 27.0 Å². The van der Waals surface area contributed by atoms with Gasteiger partial charge >= 0.3 is 6.18 Å². The van der Waals surface area contributed by atoms with Crippen LogP contribution in [-0.4, -0.2) is 40.7 Å². The standard InChI is InChI=1S/C29H29F4N3O2/c1-3-35(4-2)16-5-17-37-23-12-8-22(9-13-23)36-19-28(34-20-36)21-6-10-24(11-7-21)38-25-14-15-27(30)26(18-25)29(31,32)33/h6-15,18-20H,3-5,16-17H2,1-2H3. The quantitative estimate of drug-likeness (QED) is 0.149. The van der Waals surface area contributed by atoms with Crippen molar-refractivity contribution in [1.29, 1.82) is 0 Å². The van der Waals surface area contributed by atoms with E-state index in [2.05, 4.69) is 23.7 Å². The Morgan fingerprint density at radius 3 is 2.18 bits per heavy atom. The Bertz CT molecular complexity index is 1320. The first kappa shape index (κ1) is 27.2. The van der Waals surface area contributed by atoms with Crippen molar-refractivity contribution in [2.24, 2.45) is 0 Å². The maximum atomic E-state index is 13.5. The summed E-state index contributed by atoms with van der Waals surface area (Å²) in [4.78, 5) is 6.82. The third kappa shape index (κ3) is 6.92. The third-order valence-corrected chi connectivity index (χ3v) is 6.13. The number of benzene rings is 3.